The molecule has 4 heteroatoms. The fourth-order valence-electron chi connectivity index (χ4n) is 2.97. The van der Waals surface area contributed by atoms with Crippen molar-refractivity contribution in [3.8, 4) is 0 Å². The molecule has 0 amide bonds. The molecule has 0 bridgehead atoms. The van der Waals surface area contributed by atoms with Gasteiger partial charge in [-0.25, -0.2) is 0 Å². The summed E-state index contributed by atoms with van der Waals surface area (Å²) in [6, 6.07) is 4.93. The van der Waals surface area contributed by atoms with E-state index in [-0.39, 0.29) is 0 Å². The summed E-state index contributed by atoms with van der Waals surface area (Å²) >= 11 is 5.49. The summed E-state index contributed by atoms with van der Waals surface area (Å²) in [5.74, 6) is 2.05. The first-order chi connectivity index (χ1) is 9.13. The van der Waals surface area contributed by atoms with E-state index in [2.05, 4.69) is 47.2 Å². The molecule has 0 aromatic heterocycles. The van der Waals surface area contributed by atoms with E-state index < -0.39 is 0 Å². The van der Waals surface area contributed by atoms with Gasteiger partial charge in [0.1, 0.15) is 0 Å². The van der Waals surface area contributed by atoms with Crippen molar-refractivity contribution in [2.75, 3.05) is 11.1 Å². The first kappa shape index (κ1) is 13.5. The molecule has 1 aromatic rings. The summed E-state index contributed by atoms with van der Waals surface area (Å²) in [5, 5.41) is 4.60. The lowest BCUT2D eigenvalue weighted by Crippen LogP contribution is -2.25. The number of halogens is 1. The lowest BCUT2D eigenvalue weighted by Gasteiger charge is -2.23. The van der Waals surface area contributed by atoms with Crippen LogP contribution in [0.25, 0.3) is 0 Å². The van der Waals surface area contributed by atoms with Crippen LogP contribution in [0.5, 0.6) is 0 Å². The lowest BCUT2D eigenvalue weighted by molar-refractivity contribution is 0.535. The van der Waals surface area contributed by atoms with E-state index >= 15 is 0 Å². The number of benzene rings is 1. The molecule has 1 N–H and O–H groups in total. The molecule has 0 spiro atoms. The number of fused-ring (bicyclic) bond motifs is 1. The van der Waals surface area contributed by atoms with Crippen molar-refractivity contribution in [1.82, 2.24) is 0 Å². The van der Waals surface area contributed by atoms with Gasteiger partial charge in [-0.1, -0.05) is 34.1 Å². The summed E-state index contributed by atoms with van der Waals surface area (Å²) in [6.07, 6.45) is 3.99. The minimum absolute atomic E-state index is 0.571. The molecule has 0 saturated heterocycles. The molecule has 1 saturated carbocycles. The molecule has 2 unspecified atom stereocenters. The highest BCUT2D eigenvalue weighted by molar-refractivity contribution is 9.10. The Morgan fingerprint density at radius 3 is 2.74 bits per heavy atom. The van der Waals surface area contributed by atoms with Crippen LogP contribution < -0.4 is 5.32 Å². The first-order valence-electron chi connectivity index (χ1n) is 6.88. The molecule has 1 heterocycles. The maximum Gasteiger partial charge on any atom is 0.161 e. The predicted octanol–water partition coefficient (Wildman–Crippen LogP) is 4.75. The summed E-state index contributed by atoms with van der Waals surface area (Å²) in [5.41, 5.74) is 3.69. The van der Waals surface area contributed by atoms with E-state index in [0.29, 0.717) is 6.04 Å². The Balaban J connectivity index is 1.78. The molecule has 2 nitrogen and oxygen atoms in total. The van der Waals surface area contributed by atoms with Crippen molar-refractivity contribution in [3.05, 3.63) is 27.7 Å². The van der Waals surface area contributed by atoms with Gasteiger partial charge in [0.25, 0.3) is 0 Å². The number of rotatable bonds is 1. The maximum atomic E-state index is 4.88. The van der Waals surface area contributed by atoms with Crippen LogP contribution in [-0.4, -0.2) is 17.0 Å². The second-order valence-corrected chi connectivity index (χ2v) is 7.35. The van der Waals surface area contributed by atoms with E-state index in [1.54, 1.807) is 0 Å². The van der Waals surface area contributed by atoms with Gasteiger partial charge in [-0.3, -0.25) is 4.99 Å². The average molecular weight is 339 g/mol. The second kappa shape index (κ2) is 5.49. The largest absolute Gasteiger partial charge is 0.335 e. The molecular formula is C15H19BrN2S. The number of thioether (sulfide) groups is 1. The van der Waals surface area contributed by atoms with Crippen LogP contribution in [0.15, 0.2) is 21.6 Å². The predicted molar refractivity (Wildman–Crippen MR) is 88.3 cm³/mol. The number of amidine groups is 1. The normalized spacial score (nSPS) is 25.9. The molecule has 2 aliphatic rings. The van der Waals surface area contributed by atoms with Crippen molar-refractivity contribution in [3.63, 3.8) is 0 Å². The number of hydrogen-bond donors (Lipinski definition) is 1. The van der Waals surface area contributed by atoms with Gasteiger partial charge >= 0.3 is 0 Å². The standard InChI is InChI=1S/C15H19BrN2S/c1-9-6-12(7-10(2)14(9)16)17-15-18-13-5-3-4-11(13)8-19-15/h6-7,11,13H,3-5,8H2,1-2H3,(H,17,18). The molecule has 102 valence electrons. The van der Waals surface area contributed by atoms with Gasteiger partial charge in [0.2, 0.25) is 0 Å². The first-order valence-corrected chi connectivity index (χ1v) is 8.65. The van der Waals surface area contributed by atoms with Crippen molar-refractivity contribution in [2.24, 2.45) is 10.9 Å². The smallest absolute Gasteiger partial charge is 0.161 e. The summed E-state index contributed by atoms with van der Waals surface area (Å²) < 4.78 is 1.20. The van der Waals surface area contributed by atoms with Crippen molar-refractivity contribution in [2.45, 2.75) is 39.2 Å². The highest BCUT2D eigenvalue weighted by Crippen LogP contribution is 2.36. The van der Waals surface area contributed by atoms with Crippen LogP contribution in [0.2, 0.25) is 0 Å². The van der Waals surface area contributed by atoms with Crippen LogP contribution >= 0.6 is 27.7 Å². The van der Waals surface area contributed by atoms with Gasteiger partial charge in [-0.15, -0.1) is 0 Å². The van der Waals surface area contributed by atoms with Crippen LogP contribution in [-0.2, 0) is 0 Å². The van der Waals surface area contributed by atoms with Crippen molar-refractivity contribution < 1.29 is 0 Å². The Bertz CT molecular complexity index is 504. The summed E-state index contributed by atoms with van der Waals surface area (Å²) in [4.78, 5) is 4.88. The molecular weight excluding hydrogens is 320 g/mol. The van der Waals surface area contributed by atoms with Crippen LogP contribution in [0, 0.1) is 19.8 Å². The SMILES string of the molecule is Cc1cc(NC2=NC3CCCC3CS2)cc(C)c1Br. The van der Waals surface area contributed by atoms with Crippen LogP contribution in [0.3, 0.4) is 0 Å². The van der Waals surface area contributed by atoms with Gasteiger partial charge in [-0.05, 0) is 55.9 Å². The number of nitrogens with one attached hydrogen (secondary N) is 1. The zero-order valence-electron chi connectivity index (χ0n) is 11.4. The molecule has 1 fully saturated rings. The van der Waals surface area contributed by atoms with Crippen molar-refractivity contribution >= 4 is 38.5 Å². The third-order valence-electron chi connectivity index (χ3n) is 4.02. The minimum Gasteiger partial charge on any atom is -0.335 e. The zero-order valence-corrected chi connectivity index (χ0v) is 13.8. The van der Waals surface area contributed by atoms with Gasteiger partial charge in [0.15, 0.2) is 5.17 Å². The average Bonchev–Trinajstić information content (AvgIpc) is 2.83. The fourth-order valence-corrected chi connectivity index (χ4v) is 4.36. The fraction of sp³-hybridized carbons (Fsp3) is 0.533. The third kappa shape index (κ3) is 2.84. The van der Waals surface area contributed by atoms with Gasteiger partial charge in [0.05, 0.1) is 6.04 Å². The van der Waals surface area contributed by atoms with E-state index in [0.717, 1.165) is 16.8 Å². The van der Waals surface area contributed by atoms with Crippen LogP contribution in [0.4, 0.5) is 5.69 Å². The van der Waals surface area contributed by atoms with E-state index in [9.17, 15) is 0 Å². The third-order valence-corrected chi connectivity index (χ3v) is 6.35. The van der Waals surface area contributed by atoms with Gasteiger partial charge in [0, 0.05) is 15.9 Å². The summed E-state index contributed by atoms with van der Waals surface area (Å²) in [7, 11) is 0. The Hall–Kier alpha value is -0.480. The molecule has 2 atom stereocenters. The minimum atomic E-state index is 0.571. The maximum absolute atomic E-state index is 4.88. The highest BCUT2D eigenvalue weighted by atomic mass is 79.9. The van der Waals surface area contributed by atoms with E-state index in [4.69, 9.17) is 4.99 Å². The summed E-state index contributed by atoms with van der Waals surface area (Å²) in [6.45, 7) is 4.26. The Labute approximate surface area is 127 Å². The quantitative estimate of drug-likeness (QED) is 0.798. The van der Waals surface area contributed by atoms with Crippen molar-refractivity contribution in [1.29, 1.82) is 0 Å². The molecule has 19 heavy (non-hydrogen) atoms. The number of aryl methyl sites for hydroxylation is 2. The second-order valence-electron chi connectivity index (χ2n) is 5.55. The molecule has 3 rings (SSSR count). The topological polar surface area (TPSA) is 24.4 Å². The van der Waals surface area contributed by atoms with E-state index in [1.807, 2.05) is 11.8 Å². The number of anilines is 1. The van der Waals surface area contributed by atoms with Gasteiger partial charge in [-0.2, -0.15) is 0 Å². The number of hydrogen-bond acceptors (Lipinski definition) is 3. The molecule has 1 aromatic carbocycles. The zero-order chi connectivity index (χ0) is 13.4. The Morgan fingerprint density at radius 1 is 1.26 bits per heavy atom. The number of nitrogens with zero attached hydrogens (tertiary/aromatic N) is 1. The Morgan fingerprint density at radius 2 is 2.00 bits per heavy atom. The monoisotopic (exact) mass is 338 g/mol. The number of aliphatic imine (C=N–C) groups is 1. The lowest BCUT2D eigenvalue weighted by atomic mass is 10.1. The molecule has 0 radical (unpaired) electrons. The Kier molecular flexibility index (Phi) is 3.90. The molecule has 1 aliphatic heterocycles. The van der Waals surface area contributed by atoms with Gasteiger partial charge < -0.3 is 5.32 Å². The van der Waals surface area contributed by atoms with E-state index in [1.165, 1.54) is 40.6 Å². The highest BCUT2D eigenvalue weighted by Gasteiger charge is 2.30. The van der Waals surface area contributed by atoms with Crippen LogP contribution in [0.1, 0.15) is 30.4 Å². The molecule has 1 aliphatic carbocycles.